The molecule has 1 aliphatic heterocycles. The second-order valence-electron chi connectivity index (χ2n) is 4.62. The Kier molecular flexibility index (Phi) is 6.01. The van der Waals surface area contributed by atoms with Gasteiger partial charge in [-0.05, 0) is 31.5 Å². The minimum Gasteiger partial charge on any atom is -0.341 e. The summed E-state index contributed by atoms with van der Waals surface area (Å²) in [5, 5.41) is 1.93. The maximum absolute atomic E-state index is 12.7. The number of thioether (sulfide) groups is 2. The molecule has 1 aromatic rings. The molecule has 1 aliphatic rings. The van der Waals surface area contributed by atoms with E-state index in [1.165, 1.54) is 11.3 Å². The molecule has 0 saturated carbocycles. The molecule has 0 bridgehead atoms. The van der Waals surface area contributed by atoms with E-state index in [2.05, 4.69) is 0 Å². The molecule has 1 unspecified atom stereocenters. The highest BCUT2D eigenvalue weighted by atomic mass is 32.2. The minimum atomic E-state index is -0.320. The van der Waals surface area contributed by atoms with Crippen molar-refractivity contribution in [2.45, 2.75) is 24.8 Å². The van der Waals surface area contributed by atoms with Crippen LogP contribution in [0.2, 0.25) is 0 Å². The van der Waals surface area contributed by atoms with Crippen LogP contribution < -0.4 is 0 Å². The third-order valence-corrected chi connectivity index (χ3v) is 6.37. The monoisotopic (exact) mass is 344 g/mol. The molecule has 0 spiro atoms. The molecule has 1 fully saturated rings. The molecule has 0 radical (unpaired) electrons. The van der Waals surface area contributed by atoms with E-state index in [0.717, 1.165) is 9.77 Å². The van der Waals surface area contributed by atoms with Crippen LogP contribution in [-0.2, 0) is 4.79 Å². The molecule has 116 valence electrons. The number of hydrogen-bond donors (Lipinski definition) is 0. The summed E-state index contributed by atoms with van der Waals surface area (Å²) in [7, 11) is 0. The average molecular weight is 345 g/mol. The first-order chi connectivity index (χ1) is 10.1. The second-order valence-corrected chi connectivity index (χ2v) is 7.38. The first kappa shape index (κ1) is 16.7. The van der Waals surface area contributed by atoms with Gasteiger partial charge in [-0.1, -0.05) is 0 Å². The SMILES string of the molecule is CCN(CC)C(=O)C1CSCN1C(=O)c1sccc1SC. The van der Waals surface area contributed by atoms with Crippen molar-refractivity contribution in [1.82, 2.24) is 9.80 Å². The number of nitrogens with zero attached hydrogens (tertiary/aromatic N) is 2. The summed E-state index contributed by atoms with van der Waals surface area (Å²) in [6.07, 6.45) is 1.97. The molecule has 0 N–H and O–H groups in total. The van der Waals surface area contributed by atoms with Crippen LogP contribution in [0.3, 0.4) is 0 Å². The number of amides is 2. The Bertz CT molecular complexity index is 514. The van der Waals surface area contributed by atoms with Crippen molar-refractivity contribution >= 4 is 46.7 Å². The molecule has 1 saturated heterocycles. The van der Waals surface area contributed by atoms with Crippen molar-refractivity contribution < 1.29 is 9.59 Å². The molecule has 0 aromatic carbocycles. The van der Waals surface area contributed by atoms with Crippen LogP contribution >= 0.6 is 34.9 Å². The quantitative estimate of drug-likeness (QED) is 0.770. The van der Waals surface area contributed by atoms with Gasteiger partial charge < -0.3 is 9.80 Å². The van der Waals surface area contributed by atoms with Gasteiger partial charge in [0.1, 0.15) is 10.9 Å². The first-order valence-electron chi connectivity index (χ1n) is 6.93. The standard InChI is InChI=1S/C14H20N2O2S3/c1-4-15(5-2)13(17)10-8-20-9-16(10)14(18)12-11(19-3)6-7-21-12/h6-7,10H,4-5,8-9H2,1-3H3. The molecule has 1 atom stereocenters. The average Bonchev–Trinajstić information content (AvgIpc) is 3.16. The summed E-state index contributed by atoms with van der Waals surface area (Å²) in [4.78, 5) is 30.6. The highest BCUT2D eigenvalue weighted by molar-refractivity contribution is 7.99. The molecule has 1 aromatic heterocycles. The molecule has 2 rings (SSSR count). The number of thiophene rings is 1. The van der Waals surface area contributed by atoms with Crippen molar-refractivity contribution in [3.63, 3.8) is 0 Å². The fourth-order valence-corrected chi connectivity index (χ4v) is 5.18. The smallest absolute Gasteiger partial charge is 0.266 e. The van der Waals surface area contributed by atoms with Gasteiger partial charge in [-0.2, -0.15) is 0 Å². The fourth-order valence-electron chi connectivity index (χ4n) is 2.34. The van der Waals surface area contributed by atoms with E-state index in [4.69, 9.17) is 0 Å². The van der Waals surface area contributed by atoms with Gasteiger partial charge in [0.2, 0.25) is 5.91 Å². The topological polar surface area (TPSA) is 40.6 Å². The summed E-state index contributed by atoms with van der Waals surface area (Å²) >= 11 is 4.68. The Hall–Kier alpha value is -0.660. The normalized spacial score (nSPS) is 18.0. The molecule has 4 nitrogen and oxygen atoms in total. The highest BCUT2D eigenvalue weighted by Gasteiger charge is 2.37. The van der Waals surface area contributed by atoms with Gasteiger partial charge in [-0.25, -0.2) is 0 Å². The predicted molar refractivity (Wildman–Crippen MR) is 91.3 cm³/mol. The van der Waals surface area contributed by atoms with Crippen LogP contribution in [0.15, 0.2) is 16.3 Å². The van der Waals surface area contributed by atoms with Crippen LogP contribution in [0.4, 0.5) is 0 Å². The van der Waals surface area contributed by atoms with Crippen molar-refractivity contribution in [2.75, 3.05) is 31.0 Å². The summed E-state index contributed by atoms with van der Waals surface area (Å²) in [5.74, 6) is 1.36. The second kappa shape index (κ2) is 7.56. The van der Waals surface area contributed by atoms with Gasteiger partial charge >= 0.3 is 0 Å². The maximum Gasteiger partial charge on any atom is 0.266 e. The van der Waals surface area contributed by atoms with Crippen molar-refractivity contribution in [2.24, 2.45) is 0 Å². The largest absolute Gasteiger partial charge is 0.341 e. The zero-order valence-corrected chi connectivity index (χ0v) is 14.9. The van der Waals surface area contributed by atoms with Gasteiger partial charge in [-0.3, -0.25) is 9.59 Å². The number of likely N-dealkylation sites (N-methyl/N-ethyl adjacent to an activating group) is 1. The van der Waals surface area contributed by atoms with Crippen LogP contribution in [-0.4, -0.2) is 58.6 Å². The van der Waals surface area contributed by atoms with Crippen LogP contribution in [0, 0.1) is 0 Å². The lowest BCUT2D eigenvalue weighted by molar-refractivity contribution is -0.134. The van der Waals surface area contributed by atoms with E-state index < -0.39 is 0 Å². The minimum absolute atomic E-state index is 0.00939. The maximum atomic E-state index is 12.7. The summed E-state index contributed by atoms with van der Waals surface area (Å²) in [6, 6.07) is 1.65. The van der Waals surface area contributed by atoms with Crippen LogP contribution in [0.25, 0.3) is 0 Å². The summed E-state index contributed by atoms with van der Waals surface area (Å²) < 4.78 is 0. The molecule has 7 heteroatoms. The third-order valence-electron chi connectivity index (χ3n) is 3.55. The number of carbonyl (C=O) groups excluding carboxylic acids is 2. The van der Waals surface area contributed by atoms with Crippen molar-refractivity contribution in [3.05, 3.63) is 16.3 Å². The Labute approximate surface area is 138 Å². The Morgan fingerprint density at radius 3 is 2.76 bits per heavy atom. The van der Waals surface area contributed by atoms with E-state index in [0.29, 0.717) is 24.7 Å². The van der Waals surface area contributed by atoms with Gasteiger partial charge in [0.05, 0.1) is 5.88 Å². The van der Waals surface area contributed by atoms with E-state index in [-0.39, 0.29) is 17.9 Å². The molecule has 21 heavy (non-hydrogen) atoms. The highest BCUT2D eigenvalue weighted by Crippen LogP contribution is 2.31. The molecular formula is C14H20N2O2S3. The lowest BCUT2D eigenvalue weighted by Gasteiger charge is -2.28. The summed E-state index contributed by atoms with van der Waals surface area (Å²) in [6.45, 7) is 5.32. The third kappa shape index (κ3) is 3.40. The molecule has 0 aliphatic carbocycles. The predicted octanol–water partition coefficient (Wildman–Crippen LogP) is 2.85. The number of carbonyl (C=O) groups is 2. The Morgan fingerprint density at radius 2 is 2.14 bits per heavy atom. The van der Waals surface area contributed by atoms with E-state index >= 15 is 0 Å². The Morgan fingerprint density at radius 1 is 1.43 bits per heavy atom. The first-order valence-corrected chi connectivity index (χ1v) is 10.2. The van der Waals surface area contributed by atoms with Gasteiger partial charge in [0.25, 0.3) is 5.91 Å². The van der Waals surface area contributed by atoms with Crippen molar-refractivity contribution in [1.29, 1.82) is 0 Å². The number of rotatable bonds is 5. The van der Waals surface area contributed by atoms with Crippen molar-refractivity contribution in [3.8, 4) is 0 Å². The van der Waals surface area contributed by atoms with E-state index in [1.807, 2.05) is 31.5 Å². The zero-order chi connectivity index (χ0) is 15.4. The fraction of sp³-hybridized carbons (Fsp3) is 0.571. The van der Waals surface area contributed by atoms with Gasteiger partial charge in [0.15, 0.2) is 0 Å². The lowest BCUT2D eigenvalue weighted by Crippen LogP contribution is -2.48. The lowest BCUT2D eigenvalue weighted by atomic mass is 10.2. The van der Waals surface area contributed by atoms with Gasteiger partial charge in [-0.15, -0.1) is 34.9 Å². The molecular weight excluding hydrogens is 324 g/mol. The molecule has 2 amide bonds. The van der Waals surface area contributed by atoms with E-state index in [9.17, 15) is 9.59 Å². The van der Waals surface area contributed by atoms with Crippen LogP contribution in [0.1, 0.15) is 23.5 Å². The summed E-state index contributed by atoms with van der Waals surface area (Å²) in [5.41, 5.74) is 0. The van der Waals surface area contributed by atoms with Gasteiger partial charge in [0, 0.05) is 23.7 Å². The number of hydrogen-bond acceptors (Lipinski definition) is 5. The van der Waals surface area contributed by atoms with Crippen LogP contribution in [0.5, 0.6) is 0 Å². The van der Waals surface area contributed by atoms with E-state index in [1.54, 1.807) is 33.3 Å². The molecule has 2 heterocycles. The zero-order valence-electron chi connectivity index (χ0n) is 12.5. The Balaban J connectivity index is 2.18.